The van der Waals surface area contributed by atoms with Gasteiger partial charge in [-0.2, -0.15) is 0 Å². The number of hydrogen-bond acceptors (Lipinski definition) is 6. The summed E-state index contributed by atoms with van der Waals surface area (Å²) in [6, 6.07) is 11.4. The van der Waals surface area contributed by atoms with Crippen molar-refractivity contribution >= 4 is 46.8 Å². The highest BCUT2D eigenvalue weighted by atomic mass is 35.5. The molecule has 5 rings (SSSR count). The van der Waals surface area contributed by atoms with Crippen molar-refractivity contribution in [1.29, 1.82) is 0 Å². The summed E-state index contributed by atoms with van der Waals surface area (Å²) >= 11 is 7.97. The molecule has 0 saturated carbocycles. The second-order valence-electron chi connectivity index (χ2n) is 11.8. The Kier molecular flexibility index (Phi) is 8.25. The van der Waals surface area contributed by atoms with Crippen molar-refractivity contribution < 1.29 is 29.0 Å². The molecule has 0 radical (unpaired) electrons. The van der Waals surface area contributed by atoms with E-state index < -0.39 is 17.1 Å². The summed E-state index contributed by atoms with van der Waals surface area (Å²) in [5.74, 6) is -0.157. The number of halogens is 1. The predicted octanol–water partition coefficient (Wildman–Crippen LogP) is 5.41. The maximum Gasteiger partial charge on any atom is 0.306 e. The SMILES string of the molecule is CC(C)(C)CN1C(=O)[C@H](CC(=O)N2CCC(C(=O)O)CC2)S[C@@H](c2ccc3c(c2)OCCO3)c2cc(Cl)ccc21. The predicted molar refractivity (Wildman–Crippen MR) is 155 cm³/mol. The summed E-state index contributed by atoms with van der Waals surface area (Å²) in [5.41, 5.74) is 2.43. The van der Waals surface area contributed by atoms with E-state index in [1.165, 1.54) is 11.8 Å². The van der Waals surface area contributed by atoms with Crippen LogP contribution in [0.1, 0.15) is 56.4 Å². The largest absolute Gasteiger partial charge is 0.486 e. The van der Waals surface area contributed by atoms with Crippen LogP contribution in [0.5, 0.6) is 11.5 Å². The Labute approximate surface area is 243 Å². The Morgan fingerprint density at radius 3 is 2.42 bits per heavy atom. The summed E-state index contributed by atoms with van der Waals surface area (Å²) in [5, 5.41) is 8.99. The number of benzene rings is 2. The minimum Gasteiger partial charge on any atom is -0.486 e. The standard InChI is InChI=1S/C30H35ClN2O6S/c1-30(2,3)17-33-22-6-5-20(31)15-21(22)27(19-4-7-23-24(14-19)39-13-12-38-23)40-25(28(33)35)16-26(34)32-10-8-18(9-11-32)29(36)37/h4-7,14-15,18,25,27H,8-13,16-17H2,1-3H3,(H,36,37)/t25-,27-/m0/s1. The van der Waals surface area contributed by atoms with Gasteiger partial charge in [-0.05, 0) is 59.7 Å². The molecule has 2 amide bonds. The smallest absolute Gasteiger partial charge is 0.306 e. The van der Waals surface area contributed by atoms with Gasteiger partial charge in [0.15, 0.2) is 11.5 Å². The number of carboxylic acids is 1. The number of carboxylic acid groups (broad SMARTS) is 1. The third kappa shape index (κ3) is 6.20. The van der Waals surface area contributed by atoms with Gasteiger partial charge in [0, 0.05) is 36.8 Å². The number of ether oxygens (including phenoxy) is 2. The number of piperidine rings is 1. The first-order valence-corrected chi connectivity index (χ1v) is 15.0. The first-order chi connectivity index (χ1) is 19.0. The molecule has 0 unspecified atom stereocenters. The number of likely N-dealkylation sites (tertiary alicyclic amines) is 1. The minimum atomic E-state index is -0.821. The van der Waals surface area contributed by atoms with E-state index in [1.54, 1.807) is 11.0 Å². The fourth-order valence-corrected chi connectivity index (χ4v) is 7.12. The molecular weight excluding hydrogens is 552 g/mol. The highest BCUT2D eigenvalue weighted by Gasteiger charge is 2.40. The number of nitrogens with zero attached hydrogens (tertiary/aromatic N) is 2. The third-order valence-corrected chi connectivity index (χ3v) is 9.19. The Morgan fingerprint density at radius 1 is 1.05 bits per heavy atom. The van der Waals surface area contributed by atoms with E-state index in [4.69, 9.17) is 21.1 Å². The van der Waals surface area contributed by atoms with Crippen molar-refractivity contribution in [3.8, 4) is 11.5 Å². The number of amides is 2. The quantitative estimate of drug-likeness (QED) is 0.500. The monoisotopic (exact) mass is 586 g/mol. The molecule has 2 aromatic rings. The Bertz CT molecular complexity index is 1300. The molecule has 2 atom stereocenters. The zero-order chi connectivity index (χ0) is 28.6. The second-order valence-corrected chi connectivity index (χ2v) is 13.5. The number of anilines is 1. The summed E-state index contributed by atoms with van der Waals surface area (Å²) in [6.45, 7) is 8.45. The van der Waals surface area contributed by atoms with E-state index in [9.17, 15) is 19.5 Å². The molecule has 10 heteroatoms. The fraction of sp³-hybridized carbons (Fsp3) is 0.500. The zero-order valence-corrected chi connectivity index (χ0v) is 24.6. The average Bonchev–Trinajstić information content (AvgIpc) is 3.02. The Balaban J connectivity index is 1.51. The number of hydrogen-bond donors (Lipinski definition) is 1. The molecule has 3 aliphatic rings. The normalized spacial score (nSPS) is 21.6. The van der Waals surface area contributed by atoms with E-state index in [1.807, 2.05) is 35.2 Å². The topological polar surface area (TPSA) is 96.4 Å². The van der Waals surface area contributed by atoms with Crippen molar-refractivity contribution in [1.82, 2.24) is 4.90 Å². The number of fused-ring (bicyclic) bond motifs is 2. The van der Waals surface area contributed by atoms with Crippen LogP contribution in [-0.4, -0.2) is 65.9 Å². The molecule has 1 saturated heterocycles. The van der Waals surface area contributed by atoms with Gasteiger partial charge in [0.1, 0.15) is 13.2 Å². The maximum absolute atomic E-state index is 14.2. The molecule has 2 aromatic carbocycles. The number of thioether (sulfide) groups is 1. The molecule has 0 aromatic heterocycles. The molecule has 214 valence electrons. The molecule has 3 heterocycles. The molecule has 3 aliphatic heterocycles. The molecule has 0 aliphatic carbocycles. The Morgan fingerprint density at radius 2 is 1.75 bits per heavy atom. The average molecular weight is 587 g/mol. The first-order valence-electron chi connectivity index (χ1n) is 13.7. The summed E-state index contributed by atoms with van der Waals surface area (Å²) < 4.78 is 11.6. The van der Waals surface area contributed by atoms with Gasteiger partial charge in [0.25, 0.3) is 0 Å². The van der Waals surface area contributed by atoms with Gasteiger partial charge in [-0.25, -0.2) is 0 Å². The summed E-state index contributed by atoms with van der Waals surface area (Å²) in [6.07, 6.45) is 0.879. The third-order valence-electron chi connectivity index (χ3n) is 7.46. The van der Waals surface area contributed by atoms with Crippen LogP contribution in [0, 0.1) is 11.3 Å². The van der Waals surface area contributed by atoms with Crippen LogP contribution in [0.25, 0.3) is 0 Å². The van der Waals surface area contributed by atoms with Gasteiger partial charge >= 0.3 is 5.97 Å². The van der Waals surface area contributed by atoms with Gasteiger partial charge < -0.3 is 24.4 Å². The van der Waals surface area contributed by atoms with E-state index >= 15 is 0 Å². The highest BCUT2D eigenvalue weighted by Crippen LogP contribution is 2.49. The van der Waals surface area contributed by atoms with Gasteiger partial charge in [-0.1, -0.05) is 38.4 Å². The molecule has 1 fully saturated rings. The van der Waals surface area contributed by atoms with Crippen molar-refractivity contribution in [2.45, 2.75) is 50.5 Å². The highest BCUT2D eigenvalue weighted by molar-refractivity contribution is 8.01. The van der Waals surface area contributed by atoms with E-state index in [-0.39, 0.29) is 28.9 Å². The van der Waals surface area contributed by atoms with Gasteiger partial charge in [-0.3, -0.25) is 14.4 Å². The van der Waals surface area contributed by atoms with Crippen LogP contribution >= 0.6 is 23.4 Å². The van der Waals surface area contributed by atoms with Crippen LogP contribution in [0.15, 0.2) is 36.4 Å². The number of carbonyl (C=O) groups is 3. The van der Waals surface area contributed by atoms with Crippen LogP contribution in [0.3, 0.4) is 0 Å². The molecule has 0 spiro atoms. The van der Waals surface area contributed by atoms with Crippen LogP contribution < -0.4 is 14.4 Å². The van der Waals surface area contributed by atoms with E-state index in [2.05, 4.69) is 20.8 Å². The number of rotatable bonds is 5. The molecule has 0 bridgehead atoms. The van der Waals surface area contributed by atoms with Crippen molar-refractivity contribution in [3.63, 3.8) is 0 Å². The van der Waals surface area contributed by atoms with Gasteiger partial charge in [0.2, 0.25) is 11.8 Å². The molecule has 40 heavy (non-hydrogen) atoms. The lowest BCUT2D eigenvalue weighted by Crippen LogP contribution is -2.45. The molecule has 1 N–H and O–H groups in total. The van der Waals surface area contributed by atoms with Crippen LogP contribution in [0.4, 0.5) is 5.69 Å². The Hall–Kier alpha value is -2.91. The summed E-state index contributed by atoms with van der Waals surface area (Å²) in [4.78, 5) is 42.6. The lowest BCUT2D eigenvalue weighted by atomic mass is 9.94. The van der Waals surface area contributed by atoms with Crippen LogP contribution in [-0.2, 0) is 14.4 Å². The molecular formula is C30H35ClN2O6S. The minimum absolute atomic E-state index is 0.0324. The summed E-state index contributed by atoms with van der Waals surface area (Å²) in [7, 11) is 0. The van der Waals surface area contributed by atoms with Crippen molar-refractivity contribution in [2.75, 3.05) is 37.7 Å². The van der Waals surface area contributed by atoms with Gasteiger partial charge in [0.05, 0.1) is 16.4 Å². The molecule has 8 nitrogen and oxygen atoms in total. The van der Waals surface area contributed by atoms with E-state index in [0.717, 1.165) is 16.8 Å². The lowest BCUT2D eigenvalue weighted by molar-refractivity contribution is -0.145. The first kappa shape index (κ1) is 28.6. The van der Waals surface area contributed by atoms with Crippen LogP contribution in [0.2, 0.25) is 5.02 Å². The lowest BCUT2D eigenvalue weighted by Gasteiger charge is -2.33. The number of carbonyl (C=O) groups excluding carboxylic acids is 2. The maximum atomic E-state index is 14.2. The van der Waals surface area contributed by atoms with Crippen molar-refractivity contribution in [3.05, 3.63) is 52.5 Å². The van der Waals surface area contributed by atoms with Gasteiger partial charge in [-0.15, -0.1) is 11.8 Å². The second kappa shape index (κ2) is 11.5. The van der Waals surface area contributed by atoms with Crippen molar-refractivity contribution in [2.24, 2.45) is 11.3 Å². The van der Waals surface area contributed by atoms with E-state index in [0.29, 0.717) is 62.2 Å². The fourth-order valence-electron chi connectivity index (χ4n) is 5.49. The zero-order valence-electron chi connectivity index (χ0n) is 23.0. The number of aliphatic carboxylic acids is 1.